The first-order valence-electron chi connectivity index (χ1n) is 8.36. The molecular formula is C21H18FN3OS. The lowest BCUT2D eigenvalue weighted by Gasteiger charge is -2.21. The van der Waals surface area contributed by atoms with Crippen molar-refractivity contribution < 1.29 is 9.18 Å². The minimum Gasteiger partial charge on any atom is -0.347 e. The van der Waals surface area contributed by atoms with E-state index in [4.69, 9.17) is 12.2 Å². The van der Waals surface area contributed by atoms with Crippen LogP contribution in [0.15, 0.2) is 84.9 Å². The van der Waals surface area contributed by atoms with E-state index in [2.05, 4.69) is 16.0 Å². The summed E-state index contributed by atoms with van der Waals surface area (Å²) >= 11 is 5.29. The molecule has 0 saturated heterocycles. The monoisotopic (exact) mass is 379 g/mol. The number of anilines is 2. The van der Waals surface area contributed by atoms with E-state index in [0.29, 0.717) is 5.69 Å². The number of carbonyl (C=O) groups excluding carboxylic acids is 1. The number of halogens is 1. The first-order chi connectivity index (χ1) is 13.1. The van der Waals surface area contributed by atoms with Gasteiger partial charge in [-0.15, -0.1) is 0 Å². The number of hydrogen-bond donors (Lipinski definition) is 3. The molecule has 0 fully saturated rings. The zero-order valence-corrected chi connectivity index (χ0v) is 15.2. The molecule has 0 bridgehead atoms. The van der Waals surface area contributed by atoms with E-state index in [0.717, 1.165) is 5.56 Å². The summed E-state index contributed by atoms with van der Waals surface area (Å²) in [6.45, 7) is 0. The fourth-order valence-corrected chi connectivity index (χ4v) is 2.76. The zero-order valence-electron chi connectivity index (χ0n) is 14.4. The van der Waals surface area contributed by atoms with E-state index in [-0.39, 0.29) is 16.7 Å². The molecule has 27 heavy (non-hydrogen) atoms. The molecule has 6 heteroatoms. The van der Waals surface area contributed by atoms with Crippen LogP contribution >= 0.6 is 12.2 Å². The summed E-state index contributed by atoms with van der Waals surface area (Å²) < 4.78 is 13.8. The Kier molecular flexibility index (Phi) is 6.12. The normalized spacial score (nSPS) is 11.3. The summed E-state index contributed by atoms with van der Waals surface area (Å²) in [7, 11) is 0. The van der Waals surface area contributed by atoms with Crippen LogP contribution in [0.4, 0.5) is 15.8 Å². The SMILES string of the molecule is O=C(Nc1ccccc1)C(NC(=S)Nc1ccccc1F)c1ccccc1. The fourth-order valence-electron chi connectivity index (χ4n) is 2.53. The van der Waals surface area contributed by atoms with Gasteiger partial charge in [0.2, 0.25) is 0 Å². The van der Waals surface area contributed by atoms with Crippen LogP contribution in [-0.4, -0.2) is 11.0 Å². The first kappa shape index (κ1) is 18.5. The van der Waals surface area contributed by atoms with Crippen LogP contribution in [0.5, 0.6) is 0 Å². The maximum atomic E-state index is 13.8. The van der Waals surface area contributed by atoms with Crippen molar-refractivity contribution in [3.05, 3.63) is 96.3 Å². The Balaban J connectivity index is 1.77. The van der Waals surface area contributed by atoms with E-state index in [1.807, 2.05) is 48.5 Å². The number of rotatable bonds is 5. The van der Waals surface area contributed by atoms with Crippen molar-refractivity contribution in [2.75, 3.05) is 10.6 Å². The van der Waals surface area contributed by atoms with Crippen molar-refractivity contribution in [3.63, 3.8) is 0 Å². The van der Waals surface area contributed by atoms with Gasteiger partial charge in [0.1, 0.15) is 11.9 Å². The van der Waals surface area contributed by atoms with Gasteiger partial charge in [0.15, 0.2) is 5.11 Å². The van der Waals surface area contributed by atoms with Gasteiger partial charge in [-0.3, -0.25) is 4.79 Å². The highest BCUT2D eigenvalue weighted by Gasteiger charge is 2.22. The molecule has 0 aromatic heterocycles. The van der Waals surface area contributed by atoms with Crippen LogP contribution in [0.3, 0.4) is 0 Å². The molecule has 0 heterocycles. The molecule has 3 N–H and O–H groups in total. The van der Waals surface area contributed by atoms with Crippen molar-refractivity contribution in [1.82, 2.24) is 5.32 Å². The molecule has 0 aliphatic carbocycles. The van der Waals surface area contributed by atoms with Gasteiger partial charge in [0, 0.05) is 5.69 Å². The van der Waals surface area contributed by atoms with Crippen molar-refractivity contribution in [2.24, 2.45) is 0 Å². The maximum Gasteiger partial charge on any atom is 0.251 e. The number of nitrogens with one attached hydrogen (secondary N) is 3. The minimum absolute atomic E-state index is 0.150. The Hall–Kier alpha value is -3.25. The molecule has 3 rings (SSSR count). The van der Waals surface area contributed by atoms with Gasteiger partial charge in [-0.25, -0.2) is 4.39 Å². The van der Waals surface area contributed by atoms with E-state index >= 15 is 0 Å². The molecule has 0 aliphatic rings. The smallest absolute Gasteiger partial charge is 0.251 e. The van der Waals surface area contributed by atoms with Gasteiger partial charge >= 0.3 is 0 Å². The Bertz CT molecular complexity index is 919. The van der Waals surface area contributed by atoms with Crippen LogP contribution in [0.25, 0.3) is 0 Å². The maximum absolute atomic E-state index is 13.8. The van der Waals surface area contributed by atoms with Crippen LogP contribution in [0.1, 0.15) is 11.6 Å². The second-order valence-electron chi connectivity index (χ2n) is 5.78. The highest BCUT2D eigenvalue weighted by atomic mass is 32.1. The second-order valence-corrected chi connectivity index (χ2v) is 6.19. The van der Waals surface area contributed by atoms with Crippen molar-refractivity contribution in [2.45, 2.75) is 6.04 Å². The van der Waals surface area contributed by atoms with Crippen LogP contribution < -0.4 is 16.0 Å². The third-order valence-electron chi connectivity index (χ3n) is 3.83. The van der Waals surface area contributed by atoms with Crippen LogP contribution in [0, 0.1) is 5.82 Å². The van der Waals surface area contributed by atoms with Gasteiger partial charge in [0.05, 0.1) is 5.69 Å². The Morgan fingerprint density at radius 2 is 1.41 bits per heavy atom. The molecule has 3 aromatic rings. The number of benzene rings is 3. The summed E-state index contributed by atoms with van der Waals surface area (Å²) in [6, 6.07) is 23.8. The van der Waals surface area contributed by atoms with Crippen LogP contribution in [-0.2, 0) is 4.79 Å². The highest BCUT2D eigenvalue weighted by molar-refractivity contribution is 7.80. The molecule has 1 atom stereocenters. The highest BCUT2D eigenvalue weighted by Crippen LogP contribution is 2.17. The van der Waals surface area contributed by atoms with E-state index in [1.54, 1.807) is 30.3 Å². The van der Waals surface area contributed by atoms with Crippen molar-refractivity contribution in [1.29, 1.82) is 0 Å². The lowest BCUT2D eigenvalue weighted by Crippen LogP contribution is -2.39. The Labute approximate surface area is 162 Å². The topological polar surface area (TPSA) is 53.2 Å². The molecule has 0 spiro atoms. The molecule has 3 aromatic carbocycles. The first-order valence-corrected chi connectivity index (χ1v) is 8.77. The minimum atomic E-state index is -0.738. The molecule has 0 aliphatic heterocycles. The largest absolute Gasteiger partial charge is 0.347 e. The van der Waals surface area contributed by atoms with Gasteiger partial charge < -0.3 is 16.0 Å². The summed E-state index contributed by atoms with van der Waals surface area (Å²) in [5, 5.41) is 8.77. The van der Waals surface area contributed by atoms with Crippen molar-refractivity contribution in [3.8, 4) is 0 Å². The Morgan fingerprint density at radius 1 is 0.815 bits per heavy atom. The molecule has 0 radical (unpaired) electrons. The van der Waals surface area contributed by atoms with Gasteiger partial charge in [-0.2, -0.15) is 0 Å². The zero-order chi connectivity index (χ0) is 19.1. The van der Waals surface area contributed by atoms with Crippen molar-refractivity contribution >= 4 is 34.6 Å². The number of carbonyl (C=O) groups is 1. The number of amides is 1. The van der Waals surface area contributed by atoms with E-state index in [9.17, 15) is 9.18 Å². The standard InChI is InChI=1S/C21H18FN3OS/c22-17-13-7-8-14-18(17)24-21(27)25-19(15-9-3-1-4-10-15)20(26)23-16-11-5-2-6-12-16/h1-14,19H,(H,23,26)(H2,24,25,27). The average molecular weight is 379 g/mol. The predicted octanol–water partition coefficient (Wildman–Crippen LogP) is 4.49. The summed E-state index contributed by atoms with van der Waals surface area (Å²) in [5.74, 6) is -0.697. The quantitative estimate of drug-likeness (QED) is 0.572. The number of thiocarbonyl (C=S) groups is 1. The third kappa shape index (κ3) is 5.12. The second kappa shape index (κ2) is 8.91. The summed E-state index contributed by atoms with van der Waals surface area (Å²) in [4.78, 5) is 12.8. The number of hydrogen-bond acceptors (Lipinski definition) is 2. The van der Waals surface area contributed by atoms with Gasteiger partial charge in [-0.1, -0.05) is 60.7 Å². The molecular weight excluding hydrogens is 361 g/mol. The van der Waals surface area contributed by atoms with Gasteiger partial charge in [0.25, 0.3) is 5.91 Å². The predicted molar refractivity (Wildman–Crippen MR) is 110 cm³/mol. The van der Waals surface area contributed by atoms with E-state index in [1.165, 1.54) is 6.07 Å². The van der Waals surface area contributed by atoms with Gasteiger partial charge in [-0.05, 0) is 42.0 Å². The third-order valence-corrected chi connectivity index (χ3v) is 4.05. The summed E-state index contributed by atoms with van der Waals surface area (Å²) in [5.41, 5.74) is 1.66. The molecule has 0 saturated carbocycles. The summed E-state index contributed by atoms with van der Waals surface area (Å²) in [6.07, 6.45) is 0. The van der Waals surface area contributed by atoms with Crippen LogP contribution in [0.2, 0.25) is 0 Å². The molecule has 4 nitrogen and oxygen atoms in total. The van der Waals surface area contributed by atoms with E-state index < -0.39 is 11.9 Å². The molecule has 1 unspecified atom stereocenters. The lowest BCUT2D eigenvalue weighted by atomic mass is 10.1. The molecule has 136 valence electrons. The Morgan fingerprint density at radius 3 is 2.07 bits per heavy atom. The average Bonchev–Trinajstić information content (AvgIpc) is 2.69. The number of para-hydroxylation sites is 2. The molecule has 1 amide bonds. The lowest BCUT2D eigenvalue weighted by molar-refractivity contribution is -0.117. The fraction of sp³-hybridized carbons (Fsp3) is 0.0476.